The maximum atomic E-state index is 11.7. The largest absolute Gasteiger partial charge is 0.348 e. The maximum Gasteiger partial charge on any atom is 0.269 e. The van der Waals surface area contributed by atoms with E-state index in [1.807, 2.05) is 0 Å². The second-order valence-electron chi connectivity index (χ2n) is 4.13. The van der Waals surface area contributed by atoms with Gasteiger partial charge in [-0.3, -0.25) is 4.79 Å². The van der Waals surface area contributed by atoms with Crippen molar-refractivity contribution in [2.24, 2.45) is 0 Å². The third-order valence-corrected chi connectivity index (χ3v) is 2.93. The fourth-order valence-electron chi connectivity index (χ4n) is 2.07. The van der Waals surface area contributed by atoms with Crippen molar-refractivity contribution >= 4 is 5.91 Å². The minimum atomic E-state index is -0.0283. The lowest BCUT2D eigenvalue weighted by atomic mass is 10.1. The molecule has 2 rings (SSSR count). The van der Waals surface area contributed by atoms with Crippen LogP contribution in [0.25, 0.3) is 0 Å². The molecule has 1 amide bonds. The van der Waals surface area contributed by atoms with E-state index in [2.05, 4.69) is 15.3 Å². The molecular formula is C11H17N3O. The summed E-state index contributed by atoms with van der Waals surface area (Å²) in [6.07, 6.45) is 10.4. The maximum absolute atomic E-state index is 11.7. The lowest BCUT2D eigenvalue weighted by Crippen LogP contribution is -2.34. The molecule has 0 aliphatic heterocycles. The molecule has 1 fully saturated rings. The van der Waals surface area contributed by atoms with E-state index in [1.165, 1.54) is 32.0 Å². The van der Waals surface area contributed by atoms with Gasteiger partial charge in [0.05, 0.1) is 12.5 Å². The minimum absolute atomic E-state index is 0.0283. The van der Waals surface area contributed by atoms with Crippen LogP contribution in [0.4, 0.5) is 0 Å². The monoisotopic (exact) mass is 207 g/mol. The predicted octanol–water partition coefficient (Wildman–Crippen LogP) is 1.86. The van der Waals surface area contributed by atoms with Crippen molar-refractivity contribution in [1.29, 1.82) is 0 Å². The normalized spacial score (nSPS) is 18.4. The Morgan fingerprint density at radius 1 is 1.33 bits per heavy atom. The molecule has 0 spiro atoms. The van der Waals surface area contributed by atoms with Gasteiger partial charge in [0, 0.05) is 6.04 Å². The molecule has 82 valence electrons. The van der Waals surface area contributed by atoms with Gasteiger partial charge in [-0.1, -0.05) is 25.7 Å². The van der Waals surface area contributed by atoms with Gasteiger partial charge in [0.15, 0.2) is 0 Å². The fraction of sp³-hybridized carbons (Fsp3) is 0.636. The molecule has 4 heteroatoms. The Bertz CT molecular complexity index is 300. The summed E-state index contributed by atoms with van der Waals surface area (Å²) in [5.41, 5.74) is 0.555. The molecule has 1 aliphatic carbocycles. The van der Waals surface area contributed by atoms with E-state index in [0.717, 1.165) is 12.8 Å². The summed E-state index contributed by atoms with van der Waals surface area (Å²) in [6, 6.07) is 0.350. The van der Waals surface area contributed by atoms with Crippen molar-refractivity contribution in [3.63, 3.8) is 0 Å². The van der Waals surface area contributed by atoms with Gasteiger partial charge in [-0.05, 0) is 12.8 Å². The molecule has 2 N–H and O–H groups in total. The number of aromatic amines is 1. The second-order valence-corrected chi connectivity index (χ2v) is 4.13. The zero-order valence-corrected chi connectivity index (χ0v) is 8.83. The number of carbonyl (C=O) groups is 1. The van der Waals surface area contributed by atoms with E-state index in [4.69, 9.17) is 0 Å². The number of hydrogen-bond donors (Lipinski definition) is 2. The zero-order chi connectivity index (χ0) is 10.5. The SMILES string of the molecule is O=C(NC1CCCCCC1)c1cnc[nH]1. The molecule has 0 aromatic carbocycles. The van der Waals surface area contributed by atoms with Crippen molar-refractivity contribution < 1.29 is 4.79 Å². The van der Waals surface area contributed by atoms with E-state index >= 15 is 0 Å². The van der Waals surface area contributed by atoms with Gasteiger partial charge in [0.1, 0.15) is 5.69 Å². The number of hydrogen-bond acceptors (Lipinski definition) is 2. The Morgan fingerprint density at radius 2 is 2.07 bits per heavy atom. The van der Waals surface area contributed by atoms with E-state index in [-0.39, 0.29) is 5.91 Å². The first kappa shape index (κ1) is 10.2. The number of amides is 1. The number of imidazole rings is 1. The summed E-state index contributed by atoms with van der Waals surface area (Å²) >= 11 is 0. The van der Waals surface area contributed by atoms with E-state index < -0.39 is 0 Å². The Balaban J connectivity index is 1.87. The van der Waals surface area contributed by atoms with Gasteiger partial charge in [-0.2, -0.15) is 0 Å². The van der Waals surface area contributed by atoms with Gasteiger partial charge >= 0.3 is 0 Å². The number of rotatable bonds is 2. The molecule has 0 radical (unpaired) electrons. The van der Waals surface area contributed by atoms with Crippen LogP contribution in [0.2, 0.25) is 0 Å². The van der Waals surface area contributed by atoms with Gasteiger partial charge < -0.3 is 10.3 Å². The topological polar surface area (TPSA) is 57.8 Å². The molecule has 0 unspecified atom stereocenters. The third-order valence-electron chi connectivity index (χ3n) is 2.93. The minimum Gasteiger partial charge on any atom is -0.348 e. The van der Waals surface area contributed by atoms with Crippen molar-refractivity contribution in [3.05, 3.63) is 18.2 Å². The molecule has 1 aromatic heterocycles. The molecule has 0 bridgehead atoms. The van der Waals surface area contributed by atoms with Crippen LogP contribution < -0.4 is 5.32 Å². The van der Waals surface area contributed by atoms with E-state index in [9.17, 15) is 4.79 Å². The molecule has 0 atom stereocenters. The van der Waals surface area contributed by atoms with Gasteiger partial charge in [-0.15, -0.1) is 0 Å². The first-order chi connectivity index (χ1) is 7.36. The highest BCUT2D eigenvalue weighted by Crippen LogP contribution is 2.17. The molecular weight excluding hydrogens is 190 g/mol. The van der Waals surface area contributed by atoms with Crippen molar-refractivity contribution in [1.82, 2.24) is 15.3 Å². The van der Waals surface area contributed by atoms with Crippen molar-refractivity contribution in [3.8, 4) is 0 Å². The van der Waals surface area contributed by atoms with Crippen LogP contribution in [0.1, 0.15) is 49.0 Å². The van der Waals surface area contributed by atoms with Gasteiger partial charge in [0.25, 0.3) is 5.91 Å². The summed E-state index contributed by atoms with van der Waals surface area (Å²) in [4.78, 5) is 18.4. The number of carbonyl (C=O) groups excluding carboxylic acids is 1. The average molecular weight is 207 g/mol. The first-order valence-corrected chi connectivity index (χ1v) is 5.65. The number of nitrogens with one attached hydrogen (secondary N) is 2. The highest BCUT2D eigenvalue weighted by molar-refractivity contribution is 5.92. The Hall–Kier alpha value is -1.32. The van der Waals surface area contributed by atoms with Crippen LogP contribution in [0.15, 0.2) is 12.5 Å². The summed E-state index contributed by atoms with van der Waals surface area (Å²) in [7, 11) is 0. The highest BCUT2D eigenvalue weighted by atomic mass is 16.1. The number of H-pyrrole nitrogens is 1. The standard InChI is InChI=1S/C11H17N3O/c15-11(10-7-12-8-13-10)14-9-5-3-1-2-4-6-9/h7-9H,1-6H2,(H,12,13)(H,14,15). The summed E-state index contributed by atoms with van der Waals surface area (Å²) in [5.74, 6) is -0.0283. The van der Waals surface area contributed by atoms with Crippen LogP contribution in [-0.2, 0) is 0 Å². The summed E-state index contributed by atoms with van der Waals surface area (Å²) in [6.45, 7) is 0. The van der Waals surface area contributed by atoms with E-state index in [0.29, 0.717) is 11.7 Å². The molecule has 1 aromatic rings. The fourth-order valence-corrected chi connectivity index (χ4v) is 2.07. The van der Waals surface area contributed by atoms with Crippen LogP contribution in [0.3, 0.4) is 0 Å². The third kappa shape index (κ3) is 2.81. The smallest absolute Gasteiger partial charge is 0.269 e. The Morgan fingerprint density at radius 3 is 2.67 bits per heavy atom. The highest BCUT2D eigenvalue weighted by Gasteiger charge is 2.15. The zero-order valence-electron chi connectivity index (χ0n) is 8.83. The van der Waals surface area contributed by atoms with Crippen LogP contribution in [-0.4, -0.2) is 21.9 Å². The molecule has 0 saturated heterocycles. The number of aromatic nitrogens is 2. The molecule has 15 heavy (non-hydrogen) atoms. The average Bonchev–Trinajstić information content (AvgIpc) is 2.65. The van der Waals surface area contributed by atoms with Crippen LogP contribution >= 0.6 is 0 Å². The predicted molar refractivity (Wildman–Crippen MR) is 57.5 cm³/mol. The van der Waals surface area contributed by atoms with E-state index in [1.54, 1.807) is 6.20 Å². The van der Waals surface area contributed by atoms with Crippen molar-refractivity contribution in [2.75, 3.05) is 0 Å². The number of nitrogens with zero attached hydrogens (tertiary/aromatic N) is 1. The van der Waals surface area contributed by atoms with Crippen molar-refractivity contribution in [2.45, 2.75) is 44.6 Å². The van der Waals surface area contributed by atoms with Gasteiger partial charge in [-0.25, -0.2) is 4.98 Å². The molecule has 1 saturated carbocycles. The quantitative estimate of drug-likeness (QED) is 0.727. The molecule has 4 nitrogen and oxygen atoms in total. The Labute approximate surface area is 89.5 Å². The Kier molecular flexibility index (Phi) is 3.37. The second kappa shape index (κ2) is 4.96. The summed E-state index contributed by atoms with van der Waals surface area (Å²) < 4.78 is 0. The lowest BCUT2D eigenvalue weighted by molar-refractivity contribution is 0.0929. The summed E-state index contributed by atoms with van der Waals surface area (Å²) in [5, 5.41) is 3.05. The van der Waals surface area contributed by atoms with Gasteiger partial charge in [0.2, 0.25) is 0 Å². The van der Waals surface area contributed by atoms with Crippen LogP contribution in [0, 0.1) is 0 Å². The molecule has 1 aliphatic rings. The first-order valence-electron chi connectivity index (χ1n) is 5.65. The van der Waals surface area contributed by atoms with Crippen LogP contribution in [0.5, 0.6) is 0 Å². The molecule has 1 heterocycles. The lowest BCUT2D eigenvalue weighted by Gasteiger charge is -2.15.